The topological polar surface area (TPSA) is 40.5 Å². The van der Waals surface area contributed by atoms with Gasteiger partial charge in [0.15, 0.2) is 0 Å². The molecule has 0 radical (unpaired) electrons. The molecule has 0 aliphatic rings. The van der Waals surface area contributed by atoms with Crippen LogP contribution in [0.1, 0.15) is 10.6 Å². The van der Waals surface area contributed by atoms with E-state index in [1.807, 2.05) is 18.2 Å². The number of hydrogen-bond acceptors (Lipinski definition) is 2. The van der Waals surface area contributed by atoms with Gasteiger partial charge in [-0.2, -0.15) is 0 Å². The second-order valence-corrected chi connectivity index (χ2v) is 3.31. The Morgan fingerprint density at radius 2 is 1.60 bits per heavy atom. The van der Waals surface area contributed by atoms with Crippen molar-refractivity contribution in [2.24, 2.45) is 0 Å². The summed E-state index contributed by atoms with van der Waals surface area (Å²) < 4.78 is 0. The average molecular weight is 156 g/mol. The van der Waals surface area contributed by atoms with E-state index in [2.05, 4.69) is 0 Å². The predicted octanol–water partition coefficient (Wildman–Crippen LogP) is 1.25. The van der Waals surface area contributed by atoms with Crippen LogP contribution in [0, 0.1) is 0 Å². The van der Waals surface area contributed by atoms with Crippen molar-refractivity contribution in [3.05, 3.63) is 28.8 Å². The molecule has 2 nitrogen and oxygen atoms in total. The van der Waals surface area contributed by atoms with Crippen molar-refractivity contribution in [1.82, 2.24) is 0 Å². The van der Waals surface area contributed by atoms with Gasteiger partial charge in [0.1, 0.15) is 0 Å². The van der Waals surface area contributed by atoms with E-state index in [1.165, 1.54) is 0 Å². The summed E-state index contributed by atoms with van der Waals surface area (Å²) in [5.74, 6) is 0. The van der Waals surface area contributed by atoms with Crippen LogP contribution in [0.2, 0.25) is 0 Å². The van der Waals surface area contributed by atoms with Crippen molar-refractivity contribution in [3.63, 3.8) is 0 Å². The number of aliphatic hydroxyl groups is 2. The van der Waals surface area contributed by atoms with Gasteiger partial charge in [0.05, 0.1) is 13.2 Å². The van der Waals surface area contributed by atoms with Crippen molar-refractivity contribution in [3.8, 4) is 0 Å². The van der Waals surface area contributed by atoms with Crippen LogP contribution in [-0.2, 0) is 13.2 Å². The van der Waals surface area contributed by atoms with E-state index in [0.717, 1.165) is 18.8 Å². The van der Waals surface area contributed by atoms with Crippen LogP contribution in [0.25, 0.3) is 0 Å². The first-order valence-corrected chi connectivity index (χ1v) is 3.93. The van der Waals surface area contributed by atoms with E-state index < -0.39 is 0 Å². The van der Waals surface area contributed by atoms with E-state index in [0.29, 0.717) is 0 Å². The summed E-state index contributed by atoms with van der Waals surface area (Å²) in [7, 11) is 0.949. The standard InChI is InChI=1S/C7H9O2P/c8-4-6-2-1-3-7(5-9)10-6/h1-3,8-9H,4-5H2. The third kappa shape index (κ3) is 1.77. The third-order valence-electron chi connectivity index (χ3n) is 1.19. The van der Waals surface area contributed by atoms with Crippen molar-refractivity contribution in [1.29, 1.82) is 0 Å². The Hall–Kier alpha value is -0.430. The predicted molar refractivity (Wildman–Crippen MR) is 40.8 cm³/mol. The minimum Gasteiger partial charge on any atom is -0.391 e. The zero-order valence-electron chi connectivity index (χ0n) is 5.49. The quantitative estimate of drug-likeness (QED) is 0.676. The Balaban J connectivity index is 2.87. The van der Waals surface area contributed by atoms with Gasteiger partial charge in [-0.05, 0) is 0 Å². The van der Waals surface area contributed by atoms with Gasteiger partial charge >= 0.3 is 0 Å². The molecule has 1 aromatic heterocycles. The maximum Gasteiger partial charge on any atom is 0.0724 e. The Kier molecular flexibility index (Phi) is 2.82. The Labute approximate surface area is 61.2 Å². The molecule has 3 heteroatoms. The highest BCUT2D eigenvalue weighted by Crippen LogP contribution is 2.19. The molecular formula is C7H9O2P. The molecular weight excluding hydrogens is 147 g/mol. The second kappa shape index (κ2) is 3.67. The van der Waals surface area contributed by atoms with Crippen LogP contribution in [0.3, 0.4) is 0 Å². The first-order chi connectivity index (χ1) is 4.86. The second-order valence-electron chi connectivity index (χ2n) is 1.94. The smallest absolute Gasteiger partial charge is 0.0724 e. The minimum absolute atomic E-state index is 0.0788. The first kappa shape index (κ1) is 7.67. The monoisotopic (exact) mass is 156 g/mol. The molecule has 0 amide bonds. The Morgan fingerprint density at radius 3 is 2.00 bits per heavy atom. The first-order valence-electron chi connectivity index (χ1n) is 3.03. The molecule has 0 aliphatic heterocycles. The van der Waals surface area contributed by atoms with Gasteiger partial charge in [0.2, 0.25) is 0 Å². The SMILES string of the molecule is OCc1cccc(CO)p1. The zero-order chi connectivity index (χ0) is 7.40. The third-order valence-corrected chi connectivity index (χ3v) is 2.34. The van der Waals surface area contributed by atoms with Crippen molar-refractivity contribution in [2.45, 2.75) is 13.2 Å². The molecule has 1 aromatic rings. The number of rotatable bonds is 2. The highest BCUT2D eigenvalue weighted by Gasteiger charge is 1.92. The van der Waals surface area contributed by atoms with Gasteiger partial charge in [-0.25, -0.2) is 0 Å². The van der Waals surface area contributed by atoms with Crippen molar-refractivity contribution >= 4 is 8.19 Å². The van der Waals surface area contributed by atoms with Gasteiger partial charge in [0, 0.05) is 10.6 Å². The summed E-state index contributed by atoms with van der Waals surface area (Å²) in [4.78, 5) is 0. The van der Waals surface area contributed by atoms with E-state index in [9.17, 15) is 0 Å². The van der Waals surface area contributed by atoms with Gasteiger partial charge in [0.25, 0.3) is 0 Å². The number of hydrogen-bond donors (Lipinski definition) is 2. The molecule has 1 heterocycles. The van der Waals surface area contributed by atoms with Gasteiger partial charge in [-0.3, -0.25) is 0 Å². The molecule has 2 N–H and O–H groups in total. The van der Waals surface area contributed by atoms with E-state index >= 15 is 0 Å². The Morgan fingerprint density at radius 1 is 1.10 bits per heavy atom. The molecule has 10 heavy (non-hydrogen) atoms. The Bertz CT molecular complexity index is 193. The summed E-state index contributed by atoms with van der Waals surface area (Å²) in [6.45, 7) is 0.158. The minimum atomic E-state index is 0.0788. The molecule has 0 aromatic carbocycles. The van der Waals surface area contributed by atoms with E-state index in [-0.39, 0.29) is 13.2 Å². The fraction of sp³-hybridized carbons (Fsp3) is 0.286. The molecule has 0 spiro atoms. The van der Waals surface area contributed by atoms with Gasteiger partial charge in [-0.1, -0.05) is 26.4 Å². The normalized spacial score (nSPS) is 9.80. The zero-order valence-corrected chi connectivity index (χ0v) is 6.38. The number of aliphatic hydroxyl groups excluding tert-OH is 2. The van der Waals surface area contributed by atoms with Crippen LogP contribution in [0.5, 0.6) is 0 Å². The molecule has 54 valence electrons. The molecule has 0 bridgehead atoms. The fourth-order valence-electron chi connectivity index (χ4n) is 0.705. The van der Waals surface area contributed by atoms with E-state index in [1.54, 1.807) is 0 Å². The molecule has 0 aliphatic carbocycles. The molecule has 1 rings (SSSR count). The van der Waals surface area contributed by atoms with Crippen molar-refractivity contribution < 1.29 is 10.2 Å². The highest BCUT2D eigenvalue weighted by molar-refractivity contribution is 7.31. The van der Waals surface area contributed by atoms with Crippen LogP contribution in [0.15, 0.2) is 18.2 Å². The molecule has 0 saturated heterocycles. The average Bonchev–Trinajstić information content (AvgIpc) is 2.05. The molecule has 0 saturated carbocycles. The van der Waals surface area contributed by atoms with Crippen molar-refractivity contribution in [2.75, 3.05) is 0 Å². The lowest BCUT2D eigenvalue weighted by Crippen LogP contribution is -1.80. The lowest BCUT2D eigenvalue weighted by molar-refractivity contribution is 0.282. The lowest BCUT2D eigenvalue weighted by atomic mass is 10.4. The summed E-state index contributed by atoms with van der Waals surface area (Å²) in [5.41, 5.74) is 0. The molecule has 0 atom stereocenters. The summed E-state index contributed by atoms with van der Waals surface area (Å²) in [6.07, 6.45) is 0. The highest BCUT2D eigenvalue weighted by atomic mass is 31.0. The fourth-order valence-corrected chi connectivity index (χ4v) is 1.54. The summed E-state index contributed by atoms with van der Waals surface area (Å²) in [6, 6.07) is 5.56. The maximum atomic E-state index is 8.70. The van der Waals surface area contributed by atoms with Gasteiger partial charge < -0.3 is 10.2 Å². The van der Waals surface area contributed by atoms with Crippen LogP contribution >= 0.6 is 8.19 Å². The van der Waals surface area contributed by atoms with E-state index in [4.69, 9.17) is 10.2 Å². The molecule has 0 unspecified atom stereocenters. The van der Waals surface area contributed by atoms with Gasteiger partial charge in [-0.15, -0.1) is 0 Å². The summed E-state index contributed by atoms with van der Waals surface area (Å²) in [5, 5.41) is 19.3. The van der Waals surface area contributed by atoms with Crippen LogP contribution in [-0.4, -0.2) is 10.2 Å². The molecule has 0 fully saturated rings. The van der Waals surface area contributed by atoms with Crippen LogP contribution in [0.4, 0.5) is 0 Å². The lowest BCUT2D eigenvalue weighted by Gasteiger charge is -1.96. The largest absolute Gasteiger partial charge is 0.391 e. The van der Waals surface area contributed by atoms with Crippen LogP contribution < -0.4 is 0 Å². The summed E-state index contributed by atoms with van der Waals surface area (Å²) >= 11 is 0. The maximum absolute atomic E-state index is 8.70.